The van der Waals surface area contributed by atoms with E-state index in [1.807, 2.05) is 66.7 Å². The van der Waals surface area contributed by atoms with Crippen molar-refractivity contribution in [3.63, 3.8) is 0 Å². The molecule has 0 bridgehead atoms. The zero-order valence-corrected chi connectivity index (χ0v) is 21.5. The highest BCUT2D eigenvalue weighted by Gasteiger charge is 2.67. The highest BCUT2D eigenvalue weighted by Crippen LogP contribution is 2.41. The molecule has 1 saturated heterocycles. The van der Waals surface area contributed by atoms with Crippen molar-refractivity contribution in [1.29, 1.82) is 0 Å². The molecule has 0 radical (unpaired) electrons. The predicted molar refractivity (Wildman–Crippen MR) is 140 cm³/mol. The van der Waals surface area contributed by atoms with Crippen LogP contribution in [0.2, 0.25) is 0 Å². The van der Waals surface area contributed by atoms with E-state index in [2.05, 4.69) is 5.32 Å². The number of nitrogens with one attached hydrogen (secondary N) is 1. The normalized spacial score (nSPS) is 20.2. The number of hydrogen-bond donors (Lipinski definition) is 1. The monoisotopic (exact) mass is 528 g/mol. The topological polar surface area (TPSA) is 103 Å². The minimum absolute atomic E-state index is 0.0434. The molecule has 39 heavy (non-hydrogen) atoms. The van der Waals surface area contributed by atoms with Crippen LogP contribution in [-0.2, 0) is 28.6 Å². The summed E-state index contributed by atoms with van der Waals surface area (Å²) in [6, 6.07) is 27.5. The number of nitrogens with zero attached hydrogens (tertiary/aromatic N) is 1. The van der Waals surface area contributed by atoms with Crippen LogP contribution in [0.3, 0.4) is 0 Å². The van der Waals surface area contributed by atoms with Crippen molar-refractivity contribution in [1.82, 2.24) is 10.2 Å². The Kier molecular flexibility index (Phi) is 7.44. The number of benzene rings is 3. The maximum Gasteiger partial charge on any atom is 0.356 e. The van der Waals surface area contributed by atoms with E-state index in [-0.39, 0.29) is 18.9 Å². The van der Waals surface area contributed by atoms with E-state index < -0.39 is 35.8 Å². The van der Waals surface area contributed by atoms with Crippen LogP contribution in [0.25, 0.3) is 0 Å². The number of rotatable bonds is 9. The molecule has 9 nitrogen and oxygen atoms in total. The van der Waals surface area contributed by atoms with Crippen molar-refractivity contribution in [3.05, 3.63) is 113 Å². The third kappa shape index (κ3) is 5.01. The van der Waals surface area contributed by atoms with Crippen molar-refractivity contribution in [2.24, 2.45) is 0 Å². The van der Waals surface area contributed by atoms with Crippen molar-refractivity contribution in [3.8, 4) is 5.75 Å². The molecule has 0 aliphatic carbocycles. The number of ether oxygens (including phenoxy) is 4. The predicted octanol–water partition coefficient (Wildman–Crippen LogP) is 3.33. The van der Waals surface area contributed by atoms with Gasteiger partial charge in [0.1, 0.15) is 11.4 Å². The van der Waals surface area contributed by atoms with Gasteiger partial charge in [-0.05, 0) is 35.8 Å². The number of amides is 2. The minimum atomic E-state index is -1.80. The van der Waals surface area contributed by atoms with Gasteiger partial charge in [-0.3, -0.25) is 14.5 Å². The van der Waals surface area contributed by atoms with Crippen LogP contribution in [-0.4, -0.2) is 55.0 Å². The molecule has 0 saturated carbocycles. The Labute approximate surface area is 225 Å². The maximum absolute atomic E-state index is 13.6. The molecule has 3 aromatic carbocycles. The molecule has 2 atom stereocenters. The number of esters is 1. The number of fused-ring (bicyclic) bond motifs is 1. The zero-order valence-electron chi connectivity index (χ0n) is 21.5. The van der Waals surface area contributed by atoms with E-state index in [0.29, 0.717) is 11.3 Å². The molecule has 2 aliphatic rings. The number of para-hydroxylation sites is 1. The van der Waals surface area contributed by atoms with Crippen LogP contribution in [0.1, 0.15) is 24.2 Å². The molecular weight excluding hydrogens is 500 g/mol. The Balaban J connectivity index is 1.34. The molecule has 5 rings (SSSR count). The van der Waals surface area contributed by atoms with Crippen molar-refractivity contribution >= 4 is 17.8 Å². The van der Waals surface area contributed by atoms with Gasteiger partial charge in [-0.25, -0.2) is 4.79 Å². The Morgan fingerprint density at radius 2 is 1.54 bits per heavy atom. The van der Waals surface area contributed by atoms with Gasteiger partial charge in [0.05, 0.1) is 6.61 Å². The van der Waals surface area contributed by atoms with E-state index in [1.54, 1.807) is 31.2 Å². The molecule has 1 fully saturated rings. The third-order valence-corrected chi connectivity index (χ3v) is 6.60. The number of β-lactam (4-membered cyclic amide) rings is 1. The van der Waals surface area contributed by atoms with Crippen LogP contribution < -0.4 is 10.1 Å². The number of methoxy groups -OCH3 is 1. The summed E-state index contributed by atoms with van der Waals surface area (Å²) in [5.74, 6) is -1.41. The molecule has 2 heterocycles. The molecule has 2 aliphatic heterocycles. The average molecular weight is 529 g/mol. The van der Waals surface area contributed by atoms with E-state index in [4.69, 9.17) is 18.9 Å². The molecule has 1 N–H and O–H groups in total. The van der Waals surface area contributed by atoms with Crippen LogP contribution in [0, 0.1) is 0 Å². The lowest BCUT2D eigenvalue weighted by atomic mass is 9.94. The summed E-state index contributed by atoms with van der Waals surface area (Å²) in [6.45, 7) is 1.40. The van der Waals surface area contributed by atoms with E-state index in [0.717, 1.165) is 11.1 Å². The van der Waals surface area contributed by atoms with Crippen LogP contribution in [0.4, 0.5) is 0 Å². The Bertz CT molecular complexity index is 1340. The Morgan fingerprint density at radius 3 is 2.10 bits per heavy atom. The molecule has 200 valence electrons. The Morgan fingerprint density at radius 1 is 0.974 bits per heavy atom. The fourth-order valence-electron chi connectivity index (χ4n) is 4.68. The highest BCUT2D eigenvalue weighted by atomic mass is 16.6. The molecular formula is C30H28N2O7. The fraction of sp³-hybridized carbons (Fsp3) is 0.233. The lowest BCUT2D eigenvalue weighted by Crippen LogP contribution is -2.82. The SMILES string of the molecule is CO[C@]1(NC(=O)COc2ccccc2)C(=O)N2C(C(=O)OC(c3ccccc3)c3ccccc3)=C(C)COC21. The molecule has 0 aromatic heterocycles. The van der Waals surface area contributed by atoms with Crippen molar-refractivity contribution in [2.45, 2.75) is 25.0 Å². The van der Waals surface area contributed by atoms with Crippen LogP contribution in [0.15, 0.2) is 102 Å². The first kappa shape index (κ1) is 26.1. The second kappa shape index (κ2) is 11.1. The zero-order chi connectivity index (χ0) is 27.4. The summed E-state index contributed by atoms with van der Waals surface area (Å²) in [4.78, 5) is 40.9. The van der Waals surface area contributed by atoms with Crippen LogP contribution >= 0.6 is 0 Å². The van der Waals surface area contributed by atoms with Gasteiger partial charge in [0.15, 0.2) is 18.9 Å². The largest absolute Gasteiger partial charge is 0.484 e. The van der Waals surface area contributed by atoms with Crippen molar-refractivity contribution < 1.29 is 33.3 Å². The van der Waals surface area contributed by atoms with Crippen LogP contribution in [0.5, 0.6) is 5.75 Å². The lowest BCUT2D eigenvalue weighted by Gasteiger charge is -2.55. The lowest BCUT2D eigenvalue weighted by molar-refractivity contribution is -0.258. The molecule has 0 spiro atoms. The molecule has 9 heteroatoms. The first-order valence-electron chi connectivity index (χ1n) is 12.4. The quantitative estimate of drug-likeness (QED) is 0.258. The highest BCUT2D eigenvalue weighted by molar-refractivity contribution is 6.03. The molecule has 1 unspecified atom stereocenters. The Hall–Kier alpha value is -4.47. The van der Waals surface area contributed by atoms with Crippen molar-refractivity contribution in [2.75, 3.05) is 20.3 Å². The van der Waals surface area contributed by atoms with Gasteiger partial charge in [0, 0.05) is 7.11 Å². The second-order valence-electron chi connectivity index (χ2n) is 9.16. The number of carbonyl (C=O) groups excluding carboxylic acids is 3. The van der Waals surface area contributed by atoms with Gasteiger partial charge in [0.25, 0.3) is 17.5 Å². The summed E-state index contributed by atoms with van der Waals surface area (Å²) in [5, 5.41) is 2.59. The second-order valence-corrected chi connectivity index (χ2v) is 9.16. The standard InChI is InChI=1S/C30H28N2O7/c1-20-18-38-29-30(36-2,31-24(33)19-37-23-16-10-5-11-17-23)28(35)32(29)25(20)27(34)39-26(21-12-6-3-7-13-21)22-14-8-4-9-15-22/h3-17,26,29H,18-19H2,1-2H3,(H,31,33)/t29?,30-/m1/s1. The fourth-order valence-corrected chi connectivity index (χ4v) is 4.68. The first-order chi connectivity index (χ1) is 18.9. The van der Waals surface area contributed by atoms with Gasteiger partial charge in [-0.1, -0.05) is 78.9 Å². The number of carbonyl (C=O) groups is 3. The van der Waals surface area contributed by atoms with Gasteiger partial charge in [-0.15, -0.1) is 0 Å². The minimum Gasteiger partial charge on any atom is -0.484 e. The summed E-state index contributed by atoms with van der Waals surface area (Å²) < 4.78 is 22.8. The smallest absolute Gasteiger partial charge is 0.356 e. The summed E-state index contributed by atoms with van der Waals surface area (Å²) in [7, 11) is 1.29. The van der Waals surface area contributed by atoms with E-state index >= 15 is 0 Å². The maximum atomic E-state index is 13.6. The number of hydrogen-bond acceptors (Lipinski definition) is 7. The molecule has 3 aromatic rings. The van der Waals surface area contributed by atoms with E-state index in [9.17, 15) is 14.4 Å². The third-order valence-electron chi connectivity index (χ3n) is 6.60. The summed E-state index contributed by atoms with van der Waals surface area (Å²) in [5.41, 5.74) is 0.349. The molecule has 2 amide bonds. The van der Waals surface area contributed by atoms with Gasteiger partial charge >= 0.3 is 5.97 Å². The van der Waals surface area contributed by atoms with Gasteiger partial charge < -0.3 is 24.3 Å². The summed E-state index contributed by atoms with van der Waals surface area (Å²) in [6.07, 6.45) is -1.76. The van der Waals surface area contributed by atoms with E-state index in [1.165, 1.54) is 12.0 Å². The van der Waals surface area contributed by atoms with Gasteiger partial charge in [0.2, 0.25) is 0 Å². The average Bonchev–Trinajstić information content (AvgIpc) is 2.98. The summed E-state index contributed by atoms with van der Waals surface area (Å²) >= 11 is 0. The van der Waals surface area contributed by atoms with Gasteiger partial charge in [-0.2, -0.15) is 0 Å². The first-order valence-corrected chi connectivity index (χ1v) is 12.4.